The highest BCUT2D eigenvalue weighted by molar-refractivity contribution is 5.27. The first-order valence-electron chi connectivity index (χ1n) is 4.50. The lowest BCUT2D eigenvalue weighted by molar-refractivity contribution is 0.505. The predicted octanol–water partition coefficient (Wildman–Crippen LogP) is 1.28. The van der Waals surface area contributed by atoms with Gasteiger partial charge in [-0.15, -0.1) is 0 Å². The largest absolute Gasteiger partial charge is 0.390 e. The van der Waals surface area contributed by atoms with Gasteiger partial charge in [0, 0.05) is 13.1 Å². The Balaban J connectivity index is 2.71. The van der Waals surface area contributed by atoms with Crippen LogP contribution in [0.2, 0.25) is 0 Å². The number of nitrogens with two attached hydrogens (primary N) is 1. The smallest absolute Gasteiger partial charge is 0.319 e. The van der Waals surface area contributed by atoms with E-state index >= 15 is 0 Å². The second kappa shape index (κ2) is 4.11. The van der Waals surface area contributed by atoms with Crippen molar-refractivity contribution in [3.63, 3.8) is 0 Å². The number of nitrogens with zero attached hydrogens (tertiary/aromatic N) is 3. The van der Waals surface area contributed by atoms with Crippen molar-refractivity contribution >= 4 is 12.0 Å². The van der Waals surface area contributed by atoms with E-state index in [4.69, 9.17) is 10.2 Å². The van der Waals surface area contributed by atoms with Gasteiger partial charge in [0.1, 0.15) is 0 Å². The van der Waals surface area contributed by atoms with Crippen LogP contribution in [-0.2, 0) is 0 Å². The number of aromatic nitrogens is 2. The van der Waals surface area contributed by atoms with E-state index in [1.165, 1.54) is 0 Å². The molecule has 13 heavy (non-hydrogen) atoms. The first-order valence-corrected chi connectivity index (χ1v) is 4.50. The lowest BCUT2D eigenvalue weighted by Crippen LogP contribution is -2.30. The first-order chi connectivity index (χ1) is 6.19. The molecule has 0 aliphatic rings. The van der Waals surface area contributed by atoms with E-state index in [2.05, 4.69) is 24.0 Å². The summed E-state index contributed by atoms with van der Waals surface area (Å²) in [5.41, 5.74) is 5.33. The summed E-state index contributed by atoms with van der Waals surface area (Å²) in [6.07, 6.45) is 2.10. The second-order valence-corrected chi connectivity index (χ2v) is 3.00. The molecule has 2 N–H and O–H groups in total. The van der Waals surface area contributed by atoms with Crippen molar-refractivity contribution in [3.8, 4) is 0 Å². The molecule has 5 heteroatoms. The van der Waals surface area contributed by atoms with Gasteiger partial charge in [0.2, 0.25) is 0 Å². The van der Waals surface area contributed by atoms with Gasteiger partial charge in [-0.3, -0.25) is 0 Å². The molecule has 1 aromatic heterocycles. The molecule has 0 fully saturated rings. The molecule has 0 bridgehead atoms. The fourth-order valence-electron chi connectivity index (χ4n) is 1.36. The van der Waals surface area contributed by atoms with Crippen LogP contribution in [0.25, 0.3) is 0 Å². The zero-order chi connectivity index (χ0) is 9.84. The average molecular weight is 184 g/mol. The molecule has 0 spiro atoms. The highest BCUT2D eigenvalue weighted by atomic mass is 16.4. The number of anilines is 2. The van der Waals surface area contributed by atoms with Crippen LogP contribution in [0.15, 0.2) is 4.42 Å². The zero-order valence-electron chi connectivity index (χ0n) is 8.32. The Bertz CT molecular complexity index is 256. The fourth-order valence-corrected chi connectivity index (χ4v) is 1.36. The Hall–Kier alpha value is -1.26. The van der Waals surface area contributed by atoms with Crippen LogP contribution in [0.1, 0.15) is 26.7 Å². The van der Waals surface area contributed by atoms with Gasteiger partial charge in [0.05, 0.1) is 0 Å². The van der Waals surface area contributed by atoms with Gasteiger partial charge < -0.3 is 15.1 Å². The van der Waals surface area contributed by atoms with Crippen LogP contribution < -0.4 is 10.6 Å². The lowest BCUT2D eigenvalue weighted by Gasteiger charge is -2.23. The number of hydrogen-bond acceptors (Lipinski definition) is 5. The van der Waals surface area contributed by atoms with E-state index in [1.807, 2.05) is 11.9 Å². The highest BCUT2D eigenvalue weighted by Crippen LogP contribution is 2.17. The van der Waals surface area contributed by atoms with Crippen LogP contribution >= 0.6 is 0 Å². The Labute approximate surface area is 77.9 Å². The van der Waals surface area contributed by atoms with E-state index in [0.717, 1.165) is 12.8 Å². The molecule has 0 atom stereocenters. The van der Waals surface area contributed by atoms with Crippen LogP contribution in [-0.4, -0.2) is 23.3 Å². The minimum Gasteiger partial charge on any atom is -0.390 e. The molecule has 1 heterocycles. The van der Waals surface area contributed by atoms with Crippen molar-refractivity contribution < 1.29 is 4.42 Å². The summed E-state index contributed by atoms with van der Waals surface area (Å²) in [7, 11) is 1.94. The van der Waals surface area contributed by atoms with Crippen molar-refractivity contribution in [1.82, 2.24) is 10.2 Å². The summed E-state index contributed by atoms with van der Waals surface area (Å²) in [4.78, 5) is 1.96. The van der Waals surface area contributed by atoms with Gasteiger partial charge >= 0.3 is 12.0 Å². The van der Waals surface area contributed by atoms with Crippen LogP contribution in [0.3, 0.4) is 0 Å². The Morgan fingerprint density at radius 1 is 1.38 bits per heavy atom. The predicted molar refractivity (Wildman–Crippen MR) is 51.5 cm³/mol. The third-order valence-corrected chi connectivity index (χ3v) is 2.22. The van der Waals surface area contributed by atoms with E-state index < -0.39 is 0 Å². The van der Waals surface area contributed by atoms with Gasteiger partial charge in [-0.2, -0.15) is 0 Å². The summed E-state index contributed by atoms with van der Waals surface area (Å²) >= 11 is 0. The van der Waals surface area contributed by atoms with Crippen molar-refractivity contribution in [1.29, 1.82) is 0 Å². The molecule has 0 aromatic carbocycles. The van der Waals surface area contributed by atoms with Crippen molar-refractivity contribution in [3.05, 3.63) is 0 Å². The van der Waals surface area contributed by atoms with Crippen molar-refractivity contribution in [2.24, 2.45) is 0 Å². The monoisotopic (exact) mass is 184 g/mol. The minimum absolute atomic E-state index is 0.118. The molecular weight excluding hydrogens is 168 g/mol. The van der Waals surface area contributed by atoms with Crippen molar-refractivity contribution in [2.45, 2.75) is 32.7 Å². The van der Waals surface area contributed by atoms with Gasteiger partial charge in [-0.05, 0) is 12.8 Å². The third kappa shape index (κ3) is 2.11. The molecule has 0 radical (unpaired) electrons. The normalized spacial score (nSPS) is 10.8. The number of rotatable bonds is 4. The highest BCUT2D eigenvalue weighted by Gasteiger charge is 2.15. The molecule has 1 aromatic rings. The molecule has 0 saturated carbocycles. The maximum Gasteiger partial charge on any atom is 0.319 e. The van der Waals surface area contributed by atoms with E-state index in [1.54, 1.807) is 0 Å². The van der Waals surface area contributed by atoms with E-state index in [9.17, 15) is 0 Å². The minimum atomic E-state index is 0.118. The molecule has 0 unspecified atom stereocenters. The number of hydrogen-bond donors (Lipinski definition) is 1. The molecule has 0 aliphatic carbocycles. The van der Waals surface area contributed by atoms with Gasteiger partial charge in [-0.1, -0.05) is 24.0 Å². The first kappa shape index (κ1) is 9.83. The van der Waals surface area contributed by atoms with Crippen LogP contribution in [0, 0.1) is 0 Å². The lowest BCUT2D eigenvalue weighted by atomic mass is 10.1. The van der Waals surface area contributed by atoms with Gasteiger partial charge in [0.25, 0.3) is 0 Å². The fraction of sp³-hybridized carbons (Fsp3) is 0.750. The average Bonchev–Trinajstić information content (AvgIpc) is 2.54. The quantitative estimate of drug-likeness (QED) is 0.763. The van der Waals surface area contributed by atoms with Crippen molar-refractivity contribution in [2.75, 3.05) is 17.7 Å². The standard InChI is InChI=1S/C8H16N4O/c1-4-6(5-2)12(3)8-11-10-7(9)13-8/h6H,4-5H2,1-3H3,(H2,9,10). The van der Waals surface area contributed by atoms with Crippen LogP contribution in [0.5, 0.6) is 0 Å². The Morgan fingerprint density at radius 2 is 2.00 bits per heavy atom. The number of nitrogen functional groups attached to an aromatic ring is 1. The molecule has 0 saturated heterocycles. The summed E-state index contributed by atoms with van der Waals surface area (Å²) in [5, 5.41) is 7.42. The van der Waals surface area contributed by atoms with Gasteiger partial charge in [0.15, 0.2) is 0 Å². The maximum atomic E-state index is 5.33. The molecule has 0 amide bonds. The maximum absolute atomic E-state index is 5.33. The summed E-state index contributed by atoms with van der Waals surface area (Å²) in [6, 6.07) is 1.04. The van der Waals surface area contributed by atoms with E-state index in [-0.39, 0.29) is 6.01 Å². The Kier molecular flexibility index (Phi) is 3.11. The summed E-state index contributed by atoms with van der Waals surface area (Å²) in [5.74, 6) is 0. The third-order valence-electron chi connectivity index (χ3n) is 2.22. The summed E-state index contributed by atoms with van der Waals surface area (Å²) in [6.45, 7) is 4.26. The molecule has 1 rings (SSSR count). The van der Waals surface area contributed by atoms with Gasteiger partial charge in [-0.25, -0.2) is 0 Å². The van der Waals surface area contributed by atoms with Crippen LogP contribution in [0.4, 0.5) is 12.0 Å². The molecule has 5 nitrogen and oxygen atoms in total. The topological polar surface area (TPSA) is 68.2 Å². The second-order valence-electron chi connectivity index (χ2n) is 3.00. The SMILES string of the molecule is CCC(CC)N(C)c1nnc(N)o1. The molecular formula is C8H16N4O. The molecule has 0 aliphatic heterocycles. The molecule has 74 valence electrons. The Morgan fingerprint density at radius 3 is 2.38 bits per heavy atom. The summed E-state index contributed by atoms with van der Waals surface area (Å²) < 4.78 is 5.11. The zero-order valence-corrected chi connectivity index (χ0v) is 8.32. The van der Waals surface area contributed by atoms with E-state index in [0.29, 0.717) is 12.1 Å².